The van der Waals surface area contributed by atoms with Gasteiger partial charge in [0, 0.05) is 19.6 Å². The number of aryl methyl sites for hydroxylation is 1. The molecule has 1 rings (SSSR count). The van der Waals surface area contributed by atoms with E-state index in [-0.39, 0.29) is 6.10 Å². The minimum absolute atomic E-state index is 0.332. The van der Waals surface area contributed by atoms with Gasteiger partial charge >= 0.3 is 0 Å². The van der Waals surface area contributed by atoms with E-state index >= 15 is 0 Å². The summed E-state index contributed by atoms with van der Waals surface area (Å²) in [6, 6.07) is 6.05. The normalized spacial score (nSPS) is 12.4. The first-order valence-corrected chi connectivity index (χ1v) is 6.56. The zero-order chi connectivity index (χ0) is 13.4. The SMILES string of the molecule is CCOCCCC(O)Cc1cc(C)ccc1OC. The van der Waals surface area contributed by atoms with Crippen molar-refractivity contribution in [3.8, 4) is 5.75 Å². The maximum Gasteiger partial charge on any atom is 0.122 e. The van der Waals surface area contributed by atoms with Gasteiger partial charge in [-0.05, 0) is 38.3 Å². The van der Waals surface area contributed by atoms with Crippen LogP contribution < -0.4 is 4.74 Å². The van der Waals surface area contributed by atoms with Gasteiger partial charge in [-0.25, -0.2) is 0 Å². The van der Waals surface area contributed by atoms with Crippen molar-refractivity contribution in [2.24, 2.45) is 0 Å². The Kier molecular flexibility index (Phi) is 6.76. The zero-order valence-corrected chi connectivity index (χ0v) is 11.6. The van der Waals surface area contributed by atoms with E-state index < -0.39 is 0 Å². The van der Waals surface area contributed by atoms with Crippen LogP contribution in [0.15, 0.2) is 18.2 Å². The Bertz CT molecular complexity index is 350. The highest BCUT2D eigenvalue weighted by molar-refractivity contribution is 5.37. The molecule has 0 amide bonds. The molecule has 0 aliphatic carbocycles. The third-order valence-electron chi connectivity index (χ3n) is 2.92. The molecule has 3 nitrogen and oxygen atoms in total. The lowest BCUT2D eigenvalue weighted by atomic mass is 10.0. The average molecular weight is 252 g/mol. The third-order valence-corrected chi connectivity index (χ3v) is 2.92. The largest absolute Gasteiger partial charge is 0.496 e. The molecule has 0 aromatic heterocycles. The Morgan fingerprint density at radius 2 is 2.11 bits per heavy atom. The van der Waals surface area contributed by atoms with E-state index in [0.29, 0.717) is 6.42 Å². The zero-order valence-electron chi connectivity index (χ0n) is 11.6. The number of benzene rings is 1. The van der Waals surface area contributed by atoms with Gasteiger partial charge in [-0.3, -0.25) is 0 Å². The molecule has 0 spiro atoms. The maximum absolute atomic E-state index is 10.0. The van der Waals surface area contributed by atoms with Crippen LogP contribution >= 0.6 is 0 Å². The molecule has 1 N–H and O–H groups in total. The Labute approximate surface area is 110 Å². The molecule has 1 aromatic rings. The Balaban J connectivity index is 2.47. The van der Waals surface area contributed by atoms with Crippen molar-refractivity contribution in [3.63, 3.8) is 0 Å². The molecule has 0 saturated carbocycles. The molecule has 18 heavy (non-hydrogen) atoms. The number of aliphatic hydroxyl groups is 1. The molecule has 1 unspecified atom stereocenters. The van der Waals surface area contributed by atoms with Crippen LogP contribution in [0.3, 0.4) is 0 Å². The summed E-state index contributed by atoms with van der Waals surface area (Å²) in [7, 11) is 1.66. The second-order valence-corrected chi connectivity index (χ2v) is 4.51. The van der Waals surface area contributed by atoms with Gasteiger partial charge in [-0.15, -0.1) is 0 Å². The highest BCUT2D eigenvalue weighted by atomic mass is 16.5. The number of aliphatic hydroxyl groups excluding tert-OH is 1. The number of ether oxygens (including phenoxy) is 2. The fourth-order valence-corrected chi connectivity index (χ4v) is 1.99. The summed E-state index contributed by atoms with van der Waals surface area (Å²) >= 11 is 0. The molecule has 0 saturated heterocycles. The first-order valence-electron chi connectivity index (χ1n) is 6.56. The lowest BCUT2D eigenvalue weighted by Crippen LogP contribution is -2.12. The summed E-state index contributed by atoms with van der Waals surface area (Å²) < 4.78 is 10.6. The van der Waals surface area contributed by atoms with Gasteiger partial charge in [0.25, 0.3) is 0 Å². The number of hydrogen-bond acceptors (Lipinski definition) is 3. The summed E-state index contributed by atoms with van der Waals surface area (Å²) in [6.07, 6.45) is 1.96. The van der Waals surface area contributed by atoms with Gasteiger partial charge in [0.05, 0.1) is 13.2 Å². The highest BCUT2D eigenvalue weighted by Gasteiger charge is 2.10. The Morgan fingerprint density at radius 1 is 1.33 bits per heavy atom. The smallest absolute Gasteiger partial charge is 0.122 e. The number of hydrogen-bond donors (Lipinski definition) is 1. The summed E-state index contributed by atoms with van der Waals surface area (Å²) in [6.45, 7) is 5.48. The van der Waals surface area contributed by atoms with E-state index in [4.69, 9.17) is 9.47 Å². The lowest BCUT2D eigenvalue weighted by Gasteiger charge is -2.14. The summed E-state index contributed by atoms with van der Waals surface area (Å²) in [5.74, 6) is 0.851. The molecule has 3 heteroatoms. The van der Waals surface area contributed by atoms with Crippen LogP contribution in [0, 0.1) is 6.92 Å². The van der Waals surface area contributed by atoms with Crippen LogP contribution in [0.4, 0.5) is 0 Å². The van der Waals surface area contributed by atoms with E-state index in [0.717, 1.165) is 37.4 Å². The van der Waals surface area contributed by atoms with Crippen LogP contribution in [0.25, 0.3) is 0 Å². The predicted molar refractivity (Wildman–Crippen MR) is 73.2 cm³/mol. The van der Waals surface area contributed by atoms with Gasteiger partial charge < -0.3 is 14.6 Å². The summed E-state index contributed by atoms with van der Waals surface area (Å²) in [5, 5.41) is 10.0. The molecular weight excluding hydrogens is 228 g/mol. The standard InChI is InChI=1S/C15H24O3/c1-4-18-9-5-6-14(16)11-13-10-12(2)7-8-15(13)17-3/h7-8,10,14,16H,4-6,9,11H2,1-3H3. The van der Waals surface area contributed by atoms with E-state index in [1.807, 2.05) is 26.0 Å². The molecule has 0 bridgehead atoms. The maximum atomic E-state index is 10.0. The van der Waals surface area contributed by atoms with E-state index in [9.17, 15) is 5.11 Å². The van der Waals surface area contributed by atoms with Gasteiger partial charge in [-0.2, -0.15) is 0 Å². The fraction of sp³-hybridized carbons (Fsp3) is 0.600. The Morgan fingerprint density at radius 3 is 2.78 bits per heavy atom. The van der Waals surface area contributed by atoms with Crippen molar-refractivity contribution in [2.45, 2.75) is 39.2 Å². The Hall–Kier alpha value is -1.06. The van der Waals surface area contributed by atoms with E-state index in [1.165, 1.54) is 5.56 Å². The third kappa shape index (κ3) is 5.07. The first kappa shape index (κ1) is 15.0. The molecule has 1 atom stereocenters. The van der Waals surface area contributed by atoms with Crippen molar-refractivity contribution in [1.82, 2.24) is 0 Å². The van der Waals surface area contributed by atoms with Gasteiger partial charge in [0.1, 0.15) is 5.75 Å². The minimum atomic E-state index is -0.332. The average Bonchev–Trinajstić information content (AvgIpc) is 2.35. The van der Waals surface area contributed by atoms with E-state index in [1.54, 1.807) is 7.11 Å². The van der Waals surface area contributed by atoms with E-state index in [2.05, 4.69) is 6.07 Å². The van der Waals surface area contributed by atoms with Gasteiger partial charge in [0.2, 0.25) is 0 Å². The second-order valence-electron chi connectivity index (χ2n) is 4.51. The monoisotopic (exact) mass is 252 g/mol. The molecule has 0 heterocycles. The quantitative estimate of drug-likeness (QED) is 0.723. The molecule has 102 valence electrons. The van der Waals surface area contributed by atoms with Gasteiger partial charge in [-0.1, -0.05) is 17.7 Å². The molecule has 0 aliphatic rings. The van der Waals surface area contributed by atoms with Crippen LogP contribution in [0.2, 0.25) is 0 Å². The van der Waals surface area contributed by atoms with Crippen molar-refractivity contribution in [3.05, 3.63) is 29.3 Å². The van der Waals surface area contributed by atoms with Crippen molar-refractivity contribution in [1.29, 1.82) is 0 Å². The van der Waals surface area contributed by atoms with Crippen LogP contribution in [0.1, 0.15) is 30.9 Å². The number of methoxy groups -OCH3 is 1. The second kappa shape index (κ2) is 8.11. The van der Waals surface area contributed by atoms with Crippen LogP contribution in [0.5, 0.6) is 5.75 Å². The molecule has 1 aromatic carbocycles. The molecular formula is C15H24O3. The first-order chi connectivity index (χ1) is 8.67. The van der Waals surface area contributed by atoms with Crippen LogP contribution in [-0.2, 0) is 11.2 Å². The van der Waals surface area contributed by atoms with Crippen molar-refractivity contribution >= 4 is 0 Å². The fourth-order valence-electron chi connectivity index (χ4n) is 1.99. The minimum Gasteiger partial charge on any atom is -0.496 e. The summed E-state index contributed by atoms with van der Waals surface area (Å²) in [5.41, 5.74) is 2.26. The topological polar surface area (TPSA) is 38.7 Å². The summed E-state index contributed by atoms with van der Waals surface area (Å²) in [4.78, 5) is 0. The number of rotatable bonds is 8. The molecule has 0 fully saturated rings. The lowest BCUT2D eigenvalue weighted by molar-refractivity contribution is 0.114. The highest BCUT2D eigenvalue weighted by Crippen LogP contribution is 2.22. The van der Waals surface area contributed by atoms with Crippen molar-refractivity contribution < 1.29 is 14.6 Å². The van der Waals surface area contributed by atoms with Gasteiger partial charge in [0.15, 0.2) is 0 Å². The predicted octanol–water partition coefficient (Wildman–Crippen LogP) is 2.72. The van der Waals surface area contributed by atoms with Crippen LogP contribution in [-0.4, -0.2) is 31.5 Å². The molecule has 0 radical (unpaired) electrons. The molecule has 0 aliphatic heterocycles. The van der Waals surface area contributed by atoms with Crippen molar-refractivity contribution in [2.75, 3.05) is 20.3 Å².